The van der Waals surface area contributed by atoms with Gasteiger partial charge in [0.1, 0.15) is 6.04 Å². The number of carbonyl (C=O) groups is 2. The van der Waals surface area contributed by atoms with Crippen LogP contribution >= 0.6 is 11.6 Å². The molecule has 0 aliphatic carbocycles. The molecule has 0 radical (unpaired) electrons. The van der Waals surface area contributed by atoms with Crippen molar-refractivity contribution in [2.45, 2.75) is 57.5 Å². The summed E-state index contributed by atoms with van der Waals surface area (Å²) in [6.45, 7) is 6.80. The predicted octanol–water partition coefficient (Wildman–Crippen LogP) is 2.49. The zero-order valence-electron chi connectivity index (χ0n) is 16.0. The van der Waals surface area contributed by atoms with Crippen LogP contribution in [-0.4, -0.2) is 39.0 Å². The zero-order chi connectivity index (χ0) is 20.6. The van der Waals surface area contributed by atoms with Crippen LogP contribution in [0, 0.1) is 5.92 Å². The van der Waals surface area contributed by atoms with Crippen LogP contribution in [0.2, 0.25) is 5.02 Å². The van der Waals surface area contributed by atoms with Gasteiger partial charge in [0.25, 0.3) is 5.91 Å². The number of nitrogens with one attached hydrogen (secondary N) is 2. The summed E-state index contributed by atoms with van der Waals surface area (Å²) in [5.41, 5.74) is 0. The van der Waals surface area contributed by atoms with E-state index in [1.54, 1.807) is 13.8 Å². The Labute approximate surface area is 165 Å². The van der Waals surface area contributed by atoms with E-state index in [9.17, 15) is 18.0 Å². The highest BCUT2D eigenvalue weighted by Crippen LogP contribution is 2.16. The number of esters is 1. The lowest BCUT2D eigenvalue weighted by Crippen LogP contribution is -2.46. The van der Waals surface area contributed by atoms with Crippen molar-refractivity contribution < 1.29 is 22.7 Å². The molecule has 152 valence electrons. The standard InChI is InChI=1S/C18H27ClN2O5S/c1-5-14(6-2)20-16(22)11-26-18(23)17(12(3)4)21-27(24,25)15-9-7-13(19)8-10-15/h7-10,12,14,17,21H,5-6,11H2,1-4H3,(H,20,22). The third-order valence-corrected chi connectivity index (χ3v) is 5.73. The van der Waals surface area contributed by atoms with Gasteiger partial charge in [-0.25, -0.2) is 8.42 Å². The molecule has 0 aliphatic heterocycles. The van der Waals surface area contributed by atoms with Crippen molar-refractivity contribution in [2.24, 2.45) is 5.92 Å². The summed E-state index contributed by atoms with van der Waals surface area (Å²) < 4.78 is 32.3. The summed E-state index contributed by atoms with van der Waals surface area (Å²) >= 11 is 5.77. The van der Waals surface area contributed by atoms with E-state index < -0.39 is 34.5 Å². The molecule has 1 atom stereocenters. The number of rotatable bonds is 10. The van der Waals surface area contributed by atoms with E-state index in [1.807, 2.05) is 13.8 Å². The Kier molecular flexibility index (Phi) is 9.21. The third kappa shape index (κ3) is 7.48. The Hall–Kier alpha value is -1.64. The topological polar surface area (TPSA) is 102 Å². The summed E-state index contributed by atoms with van der Waals surface area (Å²) in [5, 5.41) is 3.15. The van der Waals surface area contributed by atoms with Gasteiger partial charge in [-0.3, -0.25) is 9.59 Å². The van der Waals surface area contributed by atoms with Gasteiger partial charge in [-0.2, -0.15) is 4.72 Å². The molecule has 0 aromatic heterocycles. The first-order chi connectivity index (χ1) is 12.6. The van der Waals surface area contributed by atoms with Crippen LogP contribution in [0.25, 0.3) is 0 Å². The molecule has 0 saturated heterocycles. The van der Waals surface area contributed by atoms with Crippen LogP contribution in [0.1, 0.15) is 40.5 Å². The molecule has 1 aromatic rings. The summed E-state index contributed by atoms with van der Waals surface area (Å²) in [6, 6.07) is 4.47. The second kappa shape index (κ2) is 10.6. The maximum Gasteiger partial charge on any atom is 0.324 e. The van der Waals surface area contributed by atoms with Crippen molar-refractivity contribution >= 4 is 33.5 Å². The van der Waals surface area contributed by atoms with Crippen molar-refractivity contribution in [3.05, 3.63) is 29.3 Å². The molecule has 0 aliphatic rings. The fraction of sp³-hybridized carbons (Fsp3) is 0.556. The van der Waals surface area contributed by atoms with Crippen molar-refractivity contribution in [2.75, 3.05) is 6.61 Å². The van der Waals surface area contributed by atoms with Gasteiger partial charge in [0.2, 0.25) is 10.0 Å². The molecular formula is C18H27ClN2O5S. The van der Waals surface area contributed by atoms with E-state index in [4.69, 9.17) is 16.3 Å². The molecule has 0 spiro atoms. The molecule has 1 rings (SSSR count). The number of hydrogen-bond donors (Lipinski definition) is 2. The summed E-state index contributed by atoms with van der Waals surface area (Å²) in [5.74, 6) is -1.59. The van der Waals surface area contributed by atoms with Gasteiger partial charge in [0.05, 0.1) is 4.90 Å². The molecule has 2 N–H and O–H groups in total. The van der Waals surface area contributed by atoms with Crippen molar-refractivity contribution in [1.29, 1.82) is 0 Å². The molecule has 27 heavy (non-hydrogen) atoms. The minimum atomic E-state index is -3.94. The largest absolute Gasteiger partial charge is 0.454 e. The first-order valence-electron chi connectivity index (χ1n) is 8.84. The molecule has 0 saturated carbocycles. The molecule has 1 amide bonds. The van der Waals surface area contributed by atoms with Gasteiger partial charge < -0.3 is 10.1 Å². The lowest BCUT2D eigenvalue weighted by atomic mass is 10.1. The van der Waals surface area contributed by atoms with Crippen LogP contribution in [0.3, 0.4) is 0 Å². The number of benzene rings is 1. The Morgan fingerprint density at radius 1 is 1.11 bits per heavy atom. The molecule has 9 heteroatoms. The van der Waals surface area contributed by atoms with E-state index in [1.165, 1.54) is 24.3 Å². The highest BCUT2D eigenvalue weighted by atomic mass is 35.5. The highest BCUT2D eigenvalue weighted by molar-refractivity contribution is 7.89. The number of carbonyl (C=O) groups excluding carboxylic acids is 2. The van der Waals surface area contributed by atoms with Gasteiger partial charge in [-0.1, -0.05) is 39.3 Å². The lowest BCUT2D eigenvalue weighted by molar-refractivity contribution is -0.151. The molecule has 0 fully saturated rings. The minimum absolute atomic E-state index is 0.0144. The summed E-state index contributed by atoms with van der Waals surface area (Å²) in [6.07, 6.45) is 1.54. The monoisotopic (exact) mass is 418 g/mol. The number of sulfonamides is 1. The lowest BCUT2D eigenvalue weighted by Gasteiger charge is -2.21. The van der Waals surface area contributed by atoms with Gasteiger partial charge in [0, 0.05) is 11.1 Å². The average Bonchev–Trinajstić information content (AvgIpc) is 2.62. The van der Waals surface area contributed by atoms with Crippen LogP contribution in [0.5, 0.6) is 0 Å². The molecule has 7 nitrogen and oxygen atoms in total. The fourth-order valence-electron chi connectivity index (χ4n) is 2.29. The number of hydrogen-bond acceptors (Lipinski definition) is 5. The maximum absolute atomic E-state index is 12.5. The number of amides is 1. The first-order valence-corrected chi connectivity index (χ1v) is 10.7. The molecule has 1 unspecified atom stereocenters. The summed E-state index contributed by atoms with van der Waals surface area (Å²) in [4.78, 5) is 24.2. The zero-order valence-corrected chi connectivity index (χ0v) is 17.6. The van der Waals surface area contributed by atoms with Crippen LogP contribution in [-0.2, 0) is 24.3 Å². The van der Waals surface area contributed by atoms with E-state index in [0.717, 1.165) is 12.8 Å². The third-order valence-electron chi connectivity index (χ3n) is 4.02. The first kappa shape index (κ1) is 23.4. The molecule has 0 heterocycles. The van der Waals surface area contributed by atoms with Gasteiger partial charge >= 0.3 is 5.97 Å². The maximum atomic E-state index is 12.5. The van der Waals surface area contributed by atoms with Gasteiger partial charge in [-0.05, 0) is 43.0 Å². The fourth-order valence-corrected chi connectivity index (χ4v) is 3.75. The van der Waals surface area contributed by atoms with Crippen molar-refractivity contribution in [1.82, 2.24) is 10.0 Å². The highest BCUT2D eigenvalue weighted by Gasteiger charge is 2.30. The second-order valence-corrected chi connectivity index (χ2v) is 8.64. The van der Waals surface area contributed by atoms with E-state index in [0.29, 0.717) is 5.02 Å². The Morgan fingerprint density at radius 3 is 2.15 bits per heavy atom. The van der Waals surface area contributed by atoms with Gasteiger partial charge in [0.15, 0.2) is 6.61 Å². The average molecular weight is 419 g/mol. The Balaban J connectivity index is 2.76. The number of ether oxygens (including phenoxy) is 1. The Morgan fingerprint density at radius 2 is 1.67 bits per heavy atom. The van der Waals surface area contributed by atoms with Crippen LogP contribution in [0.4, 0.5) is 0 Å². The van der Waals surface area contributed by atoms with Crippen molar-refractivity contribution in [3.63, 3.8) is 0 Å². The van der Waals surface area contributed by atoms with Gasteiger partial charge in [-0.15, -0.1) is 0 Å². The van der Waals surface area contributed by atoms with Crippen LogP contribution < -0.4 is 10.0 Å². The van der Waals surface area contributed by atoms with Crippen molar-refractivity contribution in [3.8, 4) is 0 Å². The smallest absolute Gasteiger partial charge is 0.324 e. The normalized spacial score (nSPS) is 12.9. The second-order valence-electron chi connectivity index (χ2n) is 6.49. The summed E-state index contributed by atoms with van der Waals surface area (Å²) in [7, 11) is -3.94. The van der Waals surface area contributed by atoms with E-state index in [-0.39, 0.29) is 16.9 Å². The van der Waals surface area contributed by atoms with E-state index in [2.05, 4.69) is 10.0 Å². The molecular weight excluding hydrogens is 392 g/mol. The van der Waals surface area contributed by atoms with Crippen LogP contribution in [0.15, 0.2) is 29.2 Å². The molecule has 1 aromatic carbocycles. The minimum Gasteiger partial charge on any atom is -0.454 e. The Bertz CT molecular complexity index is 731. The van der Waals surface area contributed by atoms with E-state index >= 15 is 0 Å². The SMILES string of the molecule is CCC(CC)NC(=O)COC(=O)C(NS(=O)(=O)c1ccc(Cl)cc1)C(C)C. The molecule has 0 bridgehead atoms. The predicted molar refractivity (Wildman–Crippen MR) is 104 cm³/mol. The quantitative estimate of drug-likeness (QED) is 0.568. The number of halogens is 1.